The summed E-state index contributed by atoms with van der Waals surface area (Å²) in [6, 6.07) is 15.4. The average molecular weight is 272 g/mol. The third-order valence-corrected chi connectivity index (χ3v) is 2.68. The number of ether oxygens (including phenoxy) is 2. The largest absolute Gasteiger partial charge is 0.494 e. The summed E-state index contributed by atoms with van der Waals surface area (Å²) in [6.07, 6.45) is 0. The lowest BCUT2D eigenvalue weighted by Gasteiger charge is -2.11. The third-order valence-electron chi connectivity index (χ3n) is 2.68. The molecule has 4 heteroatoms. The van der Waals surface area contributed by atoms with Gasteiger partial charge in [-0.3, -0.25) is 0 Å². The number of hydrogen-bond donors (Lipinski definition) is 2. The van der Waals surface area contributed by atoms with Crippen molar-refractivity contribution in [2.45, 2.75) is 6.92 Å². The summed E-state index contributed by atoms with van der Waals surface area (Å²) in [5.74, 6) is 1.65. The highest BCUT2D eigenvalue weighted by Crippen LogP contribution is 2.22. The zero-order chi connectivity index (χ0) is 14.2. The Bertz CT molecular complexity index is 529. The van der Waals surface area contributed by atoms with E-state index >= 15 is 0 Å². The van der Waals surface area contributed by atoms with E-state index in [9.17, 15) is 0 Å². The lowest BCUT2D eigenvalue weighted by atomic mass is 10.2. The summed E-state index contributed by atoms with van der Waals surface area (Å²) in [5.41, 5.74) is 7.45. The summed E-state index contributed by atoms with van der Waals surface area (Å²) in [4.78, 5) is 0. The Morgan fingerprint density at radius 1 is 1.00 bits per heavy atom. The molecule has 3 N–H and O–H groups in total. The summed E-state index contributed by atoms with van der Waals surface area (Å²) >= 11 is 0. The molecule has 0 spiro atoms. The highest BCUT2D eigenvalue weighted by atomic mass is 16.5. The molecule has 2 rings (SSSR count). The van der Waals surface area contributed by atoms with E-state index < -0.39 is 0 Å². The van der Waals surface area contributed by atoms with E-state index in [1.165, 1.54) is 0 Å². The number of hydrogen-bond acceptors (Lipinski definition) is 4. The molecule has 0 aliphatic heterocycles. The zero-order valence-corrected chi connectivity index (χ0v) is 11.6. The van der Waals surface area contributed by atoms with Crippen molar-refractivity contribution in [2.24, 2.45) is 0 Å². The molecule has 106 valence electrons. The molecule has 0 bridgehead atoms. The Kier molecular flexibility index (Phi) is 5.12. The lowest BCUT2D eigenvalue weighted by Crippen LogP contribution is -2.11. The Morgan fingerprint density at radius 2 is 1.80 bits per heavy atom. The van der Waals surface area contributed by atoms with E-state index in [2.05, 4.69) is 5.32 Å². The van der Waals surface area contributed by atoms with Gasteiger partial charge in [0.15, 0.2) is 0 Å². The fraction of sp³-hybridized carbons (Fsp3) is 0.250. The van der Waals surface area contributed by atoms with Gasteiger partial charge in [-0.05, 0) is 25.1 Å². The molecule has 0 saturated carbocycles. The number of rotatable bonds is 7. The van der Waals surface area contributed by atoms with Crippen LogP contribution in [-0.4, -0.2) is 19.8 Å². The minimum Gasteiger partial charge on any atom is -0.494 e. The van der Waals surface area contributed by atoms with Crippen LogP contribution in [0.1, 0.15) is 6.92 Å². The first-order valence-electron chi connectivity index (χ1n) is 6.73. The van der Waals surface area contributed by atoms with Gasteiger partial charge in [-0.15, -0.1) is 0 Å². The average Bonchev–Trinajstić information content (AvgIpc) is 2.45. The van der Waals surface area contributed by atoms with E-state index in [4.69, 9.17) is 15.2 Å². The highest BCUT2D eigenvalue weighted by molar-refractivity contribution is 5.59. The SMILES string of the molecule is CCOc1cc(N)cc(NCCOc2ccccc2)c1. The van der Waals surface area contributed by atoms with Crippen LogP contribution in [0.3, 0.4) is 0 Å². The van der Waals surface area contributed by atoms with Gasteiger partial charge in [0.05, 0.1) is 6.61 Å². The van der Waals surface area contributed by atoms with Gasteiger partial charge in [0.2, 0.25) is 0 Å². The maximum Gasteiger partial charge on any atom is 0.123 e. The van der Waals surface area contributed by atoms with Crippen LogP contribution >= 0.6 is 0 Å². The van der Waals surface area contributed by atoms with Gasteiger partial charge in [-0.1, -0.05) is 18.2 Å². The molecule has 0 heterocycles. The van der Waals surface area contributed by atoms with Crippen molar-refractivity contribution in [1.82, 2.24) is 0 Å². The summed E-state index contributed by atoms with van der Waals surface area (Å²) in [5, 5.41) is 3.27. The molecular formula is C16H20N2O2. The number of benzene rings is 2. The maximum absolute atomic E-state index is 5.83. The number of nitrogens with one attached hydrogen (secondary N) is 1. The standard InChI is InChI=1S/C16H20N2O2/c1-2-19-16-11-13(17)10-14(12-16)18-8-9-20-15-6-4-3-5-7-15/h3-7,10-12,18H,2,8-9,17H2,1H3. The molecule has 0 radical (unpaired) electrons. The molecule has 0 atom stereocenters. The van der Waals surface area contributed by atoms with Gasteiger partial charge in [-0.2, -0.15) is 0 Å². The quantitative estimate of drug-likeness (QED) is 0.600. The van der Waals surface area contributed by atoms with Gasteiger partial charge in [0, 0.05) is 30.1 Å². The molecule has 20 heavy (non-hydrogen) atoms. The van der Waals surface area contributed by atoms with Crippen LogP contribution in [0.25, 0.3) is 0 Å². The topological polar surface area (TPSA) is 56.5 Å². The molecular weight excluding hydrogens is 252 g/mol. The zero-order valence-electron chi connectivity index (χ0n) is 11.6. The summed E-state index contributed by atoms with van der Waals surface area (Å²) in [6.45, 7) is 3.86. The van der Waals surface area contributed by atoms with E-state index in [0.29, 0.717) is 25.4 Å². The minimum absolute atomic E-state index is 0.586. The molecule has 0 aliphatic carbocycles. The van der Waals surface area contributed by atoms with Crippen molar-refractivity contribution in [2.75, 3.05) is 30.8 Å². The first-order chi connectivity index (χ1) is 9.78. The van der Waals surface area contributed by atoms with Gasteiger partial charge in [0.1, 0.15) is 18.1 Å². The number of nitrogens with two attached hydrogens (primary N) is 1. The molecule has 0 saturated heterocycles. The van der Waals surface area contributed by atoms with E-state index in [1.54, 1.807) is 0 Å². The summed E-state index contributed by atoms with van der Waals surface area (Å²) < 4.78 is 11.1. The van der Waals surface area contributed by atoms with Crippen LogP contribution in [0.2, 0.25) is 0 Å². The van der Waals surface area contributed by atoms with Crippen LogP contribution in [-0.2, 0) is 0 Å². The molecule has 0 aromatic heterocycles. The number of anilines is 2. The first-order valence-corrected chi connectivity index (χ1v) is 6.73. The normalized spacial score (nSPS) is 10.1. The van der Waals surface area contributed by atoms with Gasteiger partial charge in [0.25, 0.3) is 0 Å². The molecule has 4 nitrogen and oxygen atoms in total. The molecule has 0 unspecified atom stereocenters. The Labute approximate surface area is 119 Å². The fourth-order valence-corrected chi connectivity index (χ4v) is 1.86. The summed E-state index contributed by atoms with van der Waals surface area (Å²) in [7, 11) is 0. The highest BCUT2D eigenvalue weighted by Gasteiger charge is 1.99. The van der Waals surface area contributed by atoms with Crippen molar-refractivity contribution in [1.29, 1.82) is 0 Å². The van der Waals surface area contributed by atoms with Crippen LogP contribution in [0.15, 0.2) is 48.5 Å². The second-order valence-corrected chi connectivity index (χ2v) is 4.31. The van der Waals surface area contributed by atoms with Crippen molar-refractivity contribution < 1.29 is 9.47 Å². The molecule has 0 amide bonds. The van der Waals surface area contributed by atoms with Gasteiger partial charge in [-0.25, -0.2) is 0 Å². The predicted molar refractivity (Wildman–Crippen MR) is 82.5 cm³/mol. The van der Waals surface area contributed by atoms with Gasteiger partial charge < -0.3 is 20.5 Å². The predicted octanol–water partition coefficient (Wildman–Crippen LogP) is 3.16. The monoisotopic (exact) mass is 272 g/mol. The lowest BCUT2D eigenvalue weighted by molar-refractivity contribution is 0.332. The molecule has 0 aliphatic rings. The Balaban J connectivity index is 1.81. The Hall–Kier alpha value is -2.36. The third kappa shape index (κ3) is 4.39. The maximum atomic E-state index is 5.83. The molecule has 2 aromatic rings. The van der Waals surface area contributed by atoms with Crippen LogP contribution in [0.4, 0.5) is 11.4 Å². The van der Waals surface area contributed by atoms with Gasteiger partial charge >= 0.3 is 0 Å². The van der Waals surface area contributed by atoms with E-state index in [1.807, 2.05) is 55.5 Å². The minimum atomic E-state index is 0.586. The van der Waals surface area contributed by atoms with Crippen molar-refractivity contribution in [3.63, 3.8) is 0 Å². The van der Waals surface area contributed by atoms with Crippen LogP contribution < -0.4 is 20.5 Å². The van der Waals surface area contributed by atoms with Crippen LogP contribution in [0.5, 0.6) is 11.5 Å². The first kappa shape index (κ1) is 14.1. The van der Waals surface area contributed by atoms with Crippen LogP contribution in [0, 0.1) is 0 Å². The van der Waals surface area contributed by atoms with E-state index in [0.717, 1.165) is 17.2 Å². The smallest absolute Gasteiger partial charge is 0.123 e. The molecule has 2 aromatic carbocycles. The second-order valence-electron chi connectivity index (χ2n) is 4.31. The van der Waals surface area contributed by atoms with E-state index in [-0.39, 0.29) is 0 Å². The van der Waals surface area contributed by atoms with Crippen molar-refractivity contribution in [3.8, 4) is 11.5 Å². The Morgan fingerprint density at radius 3 is 2.55 bits per heavy atom. The second kappa shape index (κ2) is 7.28. The van der Waals surface area contributed by atoms with Crippen molar-refractivity contribution in [3.05, 3.63) is 48.5 Å². The number of nitrogen functional groups attached to an aromatic ring is 1. The molecule has 0 fully saturated rings. The fourth-order valence-electron chi connectivity index (χ4n) is 1.86. The number of para-hydroxylation sites is 1. The van der Waals surface area contributed by atoms with Crippen molar-refractivity contribution >= 4 is 11.4 Å².